The summed E-state index contributed by atoms with van der Waals surface area (Å²) in [6, 6.07) is 4.30. The van der Waals surface area contributed by atoms with E-state index >= 15 is 0 Å². The maximum absolute atomic E-state index is 11.6. The molecule has 0 aromatic carbocycles. The lowest BCUT2D eigenvalue weighted by Gasteiger charge is -2.37. The van der Waals surface area contributed by atoms with Gasteiger partial charge < -0.3 is 15.3 Å². The van der Waals surface area contributed by atoms with Crippen molar-refractivity contribution in [2.45, 2.75) is 51.5 Å². The van der Waals surface area contributed by atoms with Gasteiger partial charge in [-0.15, -0.1) is 0 Å². The lowest BCUT2D eigenvalue weighted by atomic mass is 9.99. The number of carboxylic acid groups (broad SMARTS) is 1. The van der Waals surface area contributed by atoms with Crippen molar-refractivity contribution in [3.05, 3.63) is 18.3 Å². The van der Waals surface area contributed by atoms with Crippen molar-refractivity contribution in [3.63, 3.8) is 0 Å². The molecule has 1 fully saturated rings. The van der Waals surface area contributed by atoms with Crippen molar-refractivity contribution in [3.8, 4) is 0 Å². The molecular weight excluding hydrogens is 282 g/mol. The molecule has 22 heavy (non-hydrogen) atoms. The summed E-state index contributed by atoms with van der Waals surface area (Å²) in [6.07, 6.45) is 6.38. The summed E-state index contributed by atoms with van der Waals surface area (Å²) >= 11 is 0. The van der Waals surface area contributed by atoms with E-state index in [1.54, 1.807) is 12.3 Å². The molecule has 2 heterocycles. The number of hydrogen-bond acceptors (Lipinski definition) is 4. The summed E-state index contributed by atoms with van der Waals surface area (Å²) in [4.78, 5) is 28.7. The molecule has 1 amide bonds. The largest absolute Gasteiger partial charge is 0.481 e. The van der Waals surface area contributed by atoms with Gasteiger partial charge in [0.1, 0.15) is 5.82 Å². The van der Waals surface area contributed by atoms with Crippen LogP contribution < -0.4 is 10.2 Å². The lowest BCUT2D eigenvalue weighted by Crippen LogP contribution is -2.39. The molecule has 2 N–H and O–H groups in total. The quantitative estimate of drug-likeness (QED) is 0.844. The van der Waals surface area contributed by atoms with Crippen LogP contribution in [0.4, 0.5) is 11.5 Å². The number of anilines is 2. The predicted molar refractivity (Wildman–Crippen MR) is 85.0 cm³/mol. The topological polar surface area (TPSA) is 82.5 Å². The van der Waals surface area contributed by atoms with Gasteiger partial charge in [0.2, 0.25) is 5.91 Å². The fourth-order valence-corrected chi connectivity index (χ4v) is 2.82. The molecule has 1 aliphatic rings. The summed E-state index contributed by atoms with van der Waals surface area (Å²) in [6.45, 7) is 3.25. The SMILES string of the molecule is CCC1CCCCN1c1ccc(NC(=O)CCC(=O)O)nc1. The highest BCUT2D eigenvalue weighted by atomic mass is 16.4. The molecule has 0 bridgehead atoms. The summed E-state index contributed by atoms with van der Waals surface area (Å²) in [5, 5.41) is 11.2. The molecule has 2 rings (SSSR count). The van der Waals surface area contributed by atoms with Crippen LogP contribution in [0.1, 0.15) is 45.4 Å². The highest BCUT2D eigenvalue weighted by Gasteiger charge is 2.21. The van der Waals surface area contributed by atoms with Gasteiger partial charge in [0.15, 0.2) is 0 Å². The average molecular weight is 305 g/mol. The third-order valence-corrected chi connectivity index (χ3v) is 4.01. The molecule has 120 valence electrons. The van der Waals surface area contributed by atoms with Gasteiger partial charge in [-0.05, 0) is 37.8 Å². The monoisotopic (exact) mass is 305 g/mol. The van der Waals surface area contributed by atoms with E-state index < -0.39 is 5.97 Å². The van der Waals surface area contributed by atoms with Gasteiger partial charge in [-0.1, -0.05) is 6.92 Å². The van der Waals surface area contributed by atoms with Gasteiger partial charge in [0, 0.05) is 19.0 Å². The van der Waals surface area contributed by atoms with Gasteiger partial charge >= 0.3 is 5.97 Å². The number of amides is 1. The first-order chi connectivity index (χ1) is 10.6. The van der Waals surface area contributed by atoms with Crippen LogP contribution in [-0.2, 0) is 9.59 Å². The highest BCUT2D eigenvalue weighted by Crippen LogP contribution is 2.26. The zero-order chi connectivity index (χ0) is 15.9. The normalized spacial score (nSPS) is 18.0. The molecule has 0 radical (unpaired) electrons. The number of nitrogens with one attached hydrogen (secondary N) is 1. The van der Waals surface area contributed by atoms with Crippen LogP contribution in [0.2, 0.25) is 0 Å². The number of carboxylic acids is 1. The second kappa shape index (κ2) is 7.77. The van der Waals surface area contributed by atoms with Gasteiger partial charge in [-0.2, -0.15) is 0 Å². The Morgan fingerprint density at radius 1 is 1.36 bits per heavy atom. The number of aromatic nitrogens is 1. The van der Waals surface area contributed by atoms with E-state index in [0.29, 0.717) is 11.9 Å². The molecule has 1 saturated heterocycles. The Kier molecular flexibility index (Phi) is 5.75. The first kappa shape index (κ1) is 16.3. The zero-order valence-electron chi connectivity index (χ0n) is 12.9. The molecule has 1 unspecified atom stereocenters. The van der Waals surface area contributed by atoms with Gasteiger partial charge in [-0.25, -0.2) is 4.98 Å². The summed E-state index contributed by atoms with van der Waals surface area (Å²) in [7, 11) is 0. The van der Waals surface area contributed by atoms with Gasteiger partial charge in [0.25, 0.3) is 0 Å². The van der Waals surface area contributed by atoms with E-state index in [-0.39, 0.29) is 18.7 Å². The molecule has 1 atom stereocenters. The fourth-order valence-electron chi connectivity index (χ4n) is 2.82. The number of aliphatic carboxylic acids is 1. The van der Waals surface area contributed by atoms with Crippen LogP contribution in [0.15, 0.2) is 18.3 Å². The van der Waals surface area contributed by atoms with Gasteiger partial charge in [0.05, 0.1) is 18.3 Å². The van der Waals surface area contributed by atoms with Crippen molar-refractivity contribution in [1.29, 1.82) is 0 Å². The van der Waals surface area contributed by atoms with E-state index in [1.165, 1.54) is 19.3 Å². The standard InChI is InChI=1S/C16H23N3O3/c1-2-12-5-3-4-10-19(12)13-6-7-14(17-11-13)18-15(20)8-9-16(21)22/h6-7,11-12H,2-5,8-10H2,1H3,(H,21,22)(H,17,18,20). The van der Waals surface area contributed by atoms with Crippen LogP contribution in [0.3, 0.4) is 0 Å². The molecule has 0 aliphatic carbocycles. The van der Waals surface area contributed by atoms with Crippen LogP contribution in [0, 0.1) is 0 Å². The van der Waals surface area contributed by atoms with E-state index in [9.17, 15) is 9.59 Å². The third kappa shape index (κ3) is 4.44. The second-order valence-corrected chi connectivity index (χ2v) is 5.59. The predicted octanol–water partition coefficient (Wildman–Crippen LogP) is 2.65. The number of piperidine rings is 1. The molecule has 6 heteroatoms. The van der Waals surface area contributed by atoms with E-state index in [1.807, 2.05) is 6.07 Å². The van der Waals surface area contributed by atoms with Crippen LogP contribution in [0.25, 0.3) is 0 Å². The van der Waals surface area contributed by atoms with Crippen molar-refractivity contribution in [1.82, 2.24) is 4.98 Å². The third-order valence-electron chi connectivity index (χ3n) is 4.01. The van der Waals surface area contributed by atoms with Crippen LogP contribution in [0.5, 0.6) is 0 Å². The molecule has 6 nitrogen and oxygen atoms in total. The Bertz CT molecular complexity index is 516. The van der Waals surface area contributed by atoms with E-state index in [0.717, 1.165) is 18.7 Å². The summed E-state index contributed by atoms with van der Waals surface area (Å²) in [5.41, 5.74) is 1.08. The Morgan fingerprint density at radius 2 is 2.18 bits per heavy atom. The van der Waals surface area contributed by atoms with E-state index in [4.69, 9.17) is 5.11 Å². The van der Waals surface area contributed by atoms with Crippen molar-refractivity contribution < 1.29 is 14.7 Å². The number of nitrogens with zero attached hydrogens (tertiary/aromatic N) is 2. The fraction of sp³-hybridized carbons (Fsp3) is 0.562. The number of hydrogen-bond donors (Lipinski definition) is 2. The molecule has 0 saturated carbocycles. The second-order valence-electron chi connectivity index (χ2n) is 5.59. The average Bonchev–Trinajstić information content (AvgIpc) is 2.53. The molecule has 1 aromatic heterocycles. The Morgan fingerprint density at radius 3 is 2.82 bits per heavy atom. The summed E-state index contributed by atoms with van der Waals surface area (Å²) < 4.78 is 0. The Hall–Kier alpha value is -2.11. The van der Waals surface area contributed by atoms with Crippen molar-refractivity contribution in [2.24, 2.45) is 0 Å². The number of rotatable bonds is 6. The molecule has 1 aromatic rings. The number of pyridine rings is 1. The van der Waals surface area contributed by atoms with Crippen LogP contribution in [-0.4, -0.2) is 34.6 Å². The zero-order valence-corrected chi connectivity index (χ0v) is 12.9. The first-order valence-corrected chi connectivity index (χ1v) is 7.84. The first-order valence-electron chi connectivity index (χ1n) is 7.84. The minimum atomic E-state index is -0.978. The number of carbonyl (C=O) groups excluding carboxylic acids is 1. The maximum atomic E-state index is 11.6. The smallest absolute Gasteiger partial charge is 0.303 e. The van der Waals surface area contributed by atoms with Crippen LogP contribution >= 0.6 is 0 Å². The van der Waals surface area contributed by atoms with Gasteiger partial charge in [-0.3, -0.25) is 9.59 Å². The van der Waals surface area contributed by atoms with Crippen molar-refractivity contribution in [2.75, 3.05) is 16.8 Å². The molecule has 0 spiro atoms. The maximum Gasteiger partial charge on any atom is 0.303 e. The summed E-state index contributed by atoms with van der Waals surface area (Å²) in [5.74, 6) is -0.842. The number of carbonyl (C=O) groups is 2. The minimum absolute atomic E-state index is 0.0389. The molecular formula is C16H23N3O3. The highest BCUT2D eigenvalue weighted by molar-refractivity contribution is 5.91. The minimum Gasteiger partial charge on any atom is -0.481 e. The lowest BCUT2D eigenvalue weighted by molar-refractivity contribution is -0.138. The van der Waals surface area contributed by atoms with Crippen molar-refractivity contribution >= 4 is 23.4 Å². The Labute approximate surface area is 130 Å². The van der Waals surface area contributed by atoms with E-state index in [2.05, 4.69) is 22.1 Å². The molecule has 1 aliphatic heterocycles. The Balaban J connectivity index is 1.94.